The molecule has 0 fully saturated rings. The number of benzene rings is 1. The van der Waals surface area contributed by atoms with Gasteiger partial charge in [-0.05, 0) is 25.1 Å². The standard InChI is InChI=1S/C12H14F3NO2/c1-2-6-16-8-11(17)9-4-3-5-10(7-9)18-12(13,14)15/h3-5,7,16H,2,6,8H2,1H3. The Morgan fingerprint density at radius 3 is 2.72 bits per heavy atom. The van der Waals surface area contributed by atoms with Crippen molar-refractivity contribution in [1.82, 2.24) is 5.32 Å². The number of ether oxygens (including phenoxy) is 1. The maximum Gasteiger partial charge on any atom is 0.573 e. The van der Waals surface area contributed by atoms with Crippen LogP contribution in [0.25, 0.3) is 0 Å². The van der Waals surface area contributed by atoms with Crippen LogP contribution in [-0.2, 0) is 0 Å². The lowest BCUT2D eigenvalue weighted by Gasteiger charge is -2.09. The Balaban J connectivity index is 2.66. The normalized spacial score (nSPS) is 11.3. The maximum atomic E-state index is 12.0. The molecule has 0 aliphatic rings. The highest BCUT2D eigenvalue weighted by Crippen LogP contribution is 2.23. The number of nitrogens with one attached hydrogen (secondary N) is 1. The monoisotopic (exact) mass is 261 g/mol. The van der Waals surface area contributed by atoms with Crippen LogP contribution in [0.5, 0.6) is 5.75 Å². The Bertz CT molecular complexity index is 405. The van der Waals surface area contributed by atoms with Crippen molar-refractivity contribution in [3.05, 3.63) is 29.8 Å². The summed E-state index contributed by atoms with van der Waals surface area (Å²) in [6.45, 7) is 2.74. The summed E-state index contributed by atoms with van der Waals surface area (Å²) in [5, 5.41) is 2.89. The fourth-order valence-corrected chi connectivity index (χ4v) is 1.35. The molecular weight excluding hydrogens is 247 g/mol. The number of hydrogen-bond donors (Lipinski definition) is 1. The van der Waals surface area contributed by atoms with E-state index in [9.17, 15) is 18.0 Å². The highest BCUT2D eigenvalue weighted by atomic mass is 19.4. The van der Waals surface area contributed by atoms with Crippen molar-refractivity contribution in [1.29, 1.82) is 0 Å². The average molecular weight is 261 g/mol. The second kappa shape index (κ2) is 6.39. The molecule has 0 saturated heterocycles. The largest absolute Gasteiger partial charge is 0.573 e. The van der Waals surface area contributed by atoms with Crippen LogP contribution in [0.4, 0.5) is 13.2 Å². The van der Waals surface area contributed by atoms with Gasteiger partial charge in [0.25, 0.3) is 0 Å². The quantitative estimate of drug-likeness (QED) is 0.632. The molecule has 0 aromatic heterocycles. The summed E-state index contributed by atoms with van der Waals surface area (Å²) in [4.78, 5) is 11.6. The summed E-state index contributed by atoms with van der Waals surface area (Å²) < 4.78 is 39.8. The first kappa shape index (κ1) is 14.5. The van der Waals surface area contributed by atoms with Gasteiger partial charge in [-0.2, -0.15) is 0 Å². The zero-order valence-corrected chi connectivity index (χ0v) is 9.88. The Morgan fingerprint density at radius 2 is 2.11 bits per heavy atom. The molecule has 0 aliphatic heterocycles. The third kappa shape index (κ3) is 5.18. The molecule has 1 aromatic rings. The lowest BCUT2D eigenvalue weighted by molar-refractivity contribution is -0.274. The molecule has 1 rings (SSSR count). The molecular formula is C12H14F3NO2. The molecule has 100 valence electrons. The Hall–Kier alpha value is -1.56. The van der Waals surface area contributed by atoms with E-state index in [0.717, 1.165) is 18.6 Å². The number of carbonyl (C=O) groups is 1. The minimum absolute atomic E-state index is 0.101. The van der Waals surface area contributed by atoms with Crippen molar-refractivity contribution in [3.8, 4) is 5.75 Å². The van der Waals surface area contributed by atoms with Crippen molar-refractivity contribution in [3.63, 3.8) is 0 Å². The second-order valence-corrected chi connectivity index (χ2v) is 3.68. The summed E-state index contributed by atoms with van der Waals surface area (Å²) >= 11 is 0. The number of Topliss-reactive ketones (excluding diaryl/α,β-unsaturated/α-hetero) is 1. The van der Waals surface area contributed by atoms with Crippen LogP contribution in [0.3, 0.4) is 0 Å². The van der Waals surface area contributed by atoms with E-state index in [2.05, 4.69) is 10.1 Å². The number of carbonyl (C=O) groups excluding carboxylic acids is 1. The Labute approximate surface area is 103 Å². The van der Waals surface area contributed by atoms with Crippen LogP contribution in [0.15, 0.2) is 24.3 Å². The van der Waals surface area contributed by atoms with Crippen LogP contribution < -0.4 is 10.1 Å². The summed E-state index contributed by atoms with van der Waals surface area (Å²) in [6, 6.07) is 5.06. The highest BCUT2D eigenvalue weighted by molar-refractivity contribution is 5.97. The van der Waals surface area contributed by atoms with Gasteiger partial charge in [0.05, 0.1) is 6.54 Å². The number of rotatable bonds is 6. The molecule has 3 nitrogen and oxygen atoms in total. The summed E-state index contributed by atoms with van der Waals surface area (Å²) in [5.74, 6) is -0.653. The number of hydrogen-bond acceptors (Lipinski definition) is 3. The molecule has 18 heavy (non-hydrogen) atoms. The molecule has 0 saturated carbocycles. The lowest BCUT2D eigenvalue weighted by atomic mass is 10.1. The molecule has 0 atom stereocenters. The summed E-state index contributed by atoms with van der Waals surface area (Å²) in [5.41, 5.74) is 0.195. The summed E-state index contributed by atoms with van der Waals surface area (Å²) in [6.07, 6.45) is -3.87. The maximum absolute atomic E-state index is 12.0. The third-order valence-corrected chi connectivity index (χ3v) is 2.10. The van der Waals surface area contributed by atoms with Crippen molar-refractivity contribution >= 4 is 5.78 Å². The predicted molar refractivity (Wildman–Crippen MR) is 60.6 cm³/mol. The Kier molecular flexibility index (Phi) is 5.15. The van der Waals surface area contributed by atoms with E-state index in [4.69, 9.17) is 0 Å². The van der Waals surface area contributed by atoms with Gasteiger partial charge in [-0.1, -0.05) is 19.1 Å². The van der Waals surface area contributed by atoms with Crippen LogP contribution in [0.1, 0.15) is 23.7 Å². The zero-order valence-electron chi connectivity index (χ0n) is 9.88. The van der Waals surface area contributed by atoms with E-state index in [1.807, 2.05) is 6.92 Å². The van der Waals surface area contributed by atoms with E-state index >= 15 is 0 Å². The molecule has 0 bridgehead atoms. The van der Waals surface area contributed by atoms with Crippen LogP contribution in [0.2, 0.25) is 0 Å². The van der Waals surface area contributed by atoms with Gasteiger partial charge in [-0.25, -0.2) is 0 Å². The second-order valence-electron chi connectivity index (χ2n) is 3.68. The Morgan fingerprint density at radius 1 is 1.39 bits per heavy atom. The van der Waals surface area contributed by atoms with Crippen molar-refractivity contribution < 1.29 is 22.7 Å². The van der Waals surface area contributed by atoms with Gasteiger partial charge in [0, 0.05) is 5.56 Å². The minimum atomic E-state index is -4.75. The van der Waals surface area contributed by atoms with Gasteiger partial charge in [0.15, 0.2) is 5.78 Å². The van der Waals surface area contributed by atoms with Gasteiger partial charge in [-0.15, -0.1) is 13.2 Å². The van der Waals surface area contributed by atoms with Gasteiger partial charge in [-0.3, -0.25) is 4.79 Å². The third-order valence-electron chi connectivity index (χ3n) is 2.10. The van der Waals surface area contributed by atoms with Crippen LogP contribution in [0, 0.1) is 0 Å². The van der Waals surface area contributed by atoms with E-state index < -0.39 is 6.36 Å². The van der Waals surface area contributed by atoms with Crippen LogP contribution in [-0.4, -0.2) is 25.2 Å². The first-order valence-electron chi connectivity index (χ1n) is 5.52. The molecule has 1 N–H and O–H groups in total. The molecule has 0 spiro atoms. The molecule has 0 radical (unpaired) electrons. The van der Waals surface area contributed by atoms with E-state index in [-0.39, 0.29) is 23.6 Å². The van der Waals surface area contributed by atoms with Crippen LogP contribution >= 0.6 is 0 Å². The van der Waals surface area contributed by atoms with Crippen molar-refractivity contribution in [2.24, 2.45) is 0 Å². The molecule has 0 heterocycles. The average Bonchev–Trinajstić information content (AvgIpc) is 2.27. The predicted octanol–water partition coefficient (Wildman–Crippen LogP) is 2.77. The van der Waals surface area contributed by atoms with E-state index in [1.165, 1.54) is 12.1 Å². The molecule has 6 heteroatoms. The molecule has 0 unspecified atom stereocenters. The fraction of sp³-hybridized carbons (Fsp3) is 0.417. The van der Waals surface area contributed by atoms with Gasteiger partial charge in [0.2, 0.25) is 0 Å². The van der Waals surface area contributed by atoms with Gasteiger partial charge < -0.3 is 10.1 Å². The minimum Gasteiger partial charge on any atom is -0.406 e. The smallest absolute Gasteiger partial charge is 0.406 e. The summed E-state index contributed by atoms with van der Waals surface area (Å²) in [7, 11) is 0. The van der Waals surface area contributed by atoms with Crippen molar-refractivity contribution in [2.45, 2.75) is 19.7 Å². The number of ketones is 1. The zero-order chi connectivity index (χ0) is 13.6. The highest BCUT2D eigenvalue weighted by Gasteiger charge is 2.31. The lowest BCUT2D eigenvalue weighted by Crippen LogP contribution is -2.23. The fourth-order valence-electron chi connectivity index (χ4n) is 1.35. The van der Waals surface area contributed by atoms with E-state index in [1.54, 1.807) is 0 Å². The molecule has 0 amide bonds. The topological polar surface area (TPSA) is 38.3 Å². The molecule has 1 aromatic carbocycles. The van der Waals surface area contributed by atoms with Gasteiger partial charge in [0.1, 0.15) is 5.75 Å². The first-order chi connectivity index (χ1) is 8.42. The first-order valence-corrected chi connectivity index (χ1v) is 5.52. The van der Waals surface area contributed by atoms with Crippen molar-refractivity contribution in [2.75, 3.05) is 13.1 Å². The molecule has 0 aliphatic carbocycles. The SMILES string of the molecule is CCCNCC(=O)c1cccc(OC(F)(F)F)c1. The van der Waals surface area contributed by atoms with Gasteiger partial charge >= 0.3 is 6.36 Å². The number of alkyl halides is 3. The van der Waals surface area contributed by atoms with E-state index in [0.29, 0.717) is 6.54 Å². The number of halogens is 3.